The molecule has 1 unspecified atom stereocenters. The Labute approximate surface area is 157 Å². The van der Waals surface area contributed by atoms with Crippen molar-refractivity contribution in [2.45, 2.75) is 19.9 Å². The summed E-state index contributed by atoms with van der Waals surface area (Å²) in [6.07, 6.45) is 8.72. The molecule has 1 saturated heterocycles. The first-order valence-electron chi connectivity index (χ1n) is 8.99. The highest BCUT2D eigenvalue weighted by molar-refractivity contribution is 5.80. The fourth-order valence-electron chi connectivity index (χ4n) is 3.30. The van der Waals surface area contributed by atoms with Gasteiger partial charge in [0.2, 0.25) is 5.91 Å². The van der Waals surface area contributed by atoms with Crippen molar-refractivity contribution in [1.29, 1.82) is 0 Å². The van der Waals surface area contributed by atoms with Gasteiger partial charge in [-0.2, -0.15) is 5.10 Å². The van der Waals surface area contributed by atoms with Crippen LogP contribution in [0.2, 0.25) is 0 Å². The molecule has 1 aliphatic rings. The molecule has 3 aromatic heterocycles. The molecule has 1 fully saturated rings. The van der Waals surface area contributed by atoms with Crippen LogP contribution < -0.4 is 4.90 Å². The van der Waals surface area contributed by atoms with E-state index in [1.54, 1.807) is 23.4 Å². The first-order chi connectivity index (χ1) is 13.1. The molecule has 1 aliphatic heterocycles. The zero-order chi connectivity index (χ0) is 18.8. The summed E-state index contributed by atoms with van der Waals surface area (Å²) in [6, 6.07) is 3.50. The molecule has 3 aromatic rings. The summed E-state index contributed by atoms with van der Waals surface area (Å²) < 4.78 is 3.62. The summed E-state index contributed by atoms with van der Waals surface area (Å²) in [7, 11) is 0. The number of aromatic nitrogens is 6. The van der Waals surface area contributed by atoms with Crippen molar-refractivity contribution in [3.05, 3.63) is 49.1 Å². The number of anilines is 1. The molecule has 0 spiro atoms. The third kappa shape index (κ3) is 3.40. The third-order valence-electron chi connectivity index (χ3n) is 4.91. The second kappa shape index (κ2) is 7.18. The summed E-state index contributed by atoms with van der Waals surface area (Å²) in [5.74, 6) is 2.62. The molecule has 27 heavy (non-hydrogen) atoms. The number of carbonyl (C=O) groups is 1. The van der Waals surface area contributed by atoms with Crippen molar-refractivity contribution in [1.82, 2.24) is 34.2 Å². The molecule has 140 valence electrons. The summed E-state index contributed by atoms with van der Waals surface area (Å²) in [6.45, 7) is 6.61. The number of hydrogen-bond donors (Lipinski definition) is 0. The largest absolute Gasteiger partial charge is 0.353 e. The first-order valence-corrected chi connectivity index (χ1v) is 8.99. The molecule has 9 nitrogen and oxygen atoms in total. The van der Waals surface area contributed by atoms with Gasteiger partial charge in [-0.25, -0.2) is 15.0 Å². The van der Waals surface area contributed by atoms with E-state index in [-0.39, 0.29) is 11.9 Å². The van der Waals surface area contributed by atoms with Gasteiger partial charge in [-0.05, 0) is 19.9 Å². The number of piperazine rings is 1. The van der Waals surface area contributed by atoms with Crippen LogP contribution in [0.15, 0.2) is 43.2 Å². The Kier molecular flexibility index (Phi) is 4.57. The fraction of sp³-hybridized carbons (Fsp3) is 0.389. The van der Waals surface area contributed by atoms with Crippen LogP contribution in [0.25, 0.3) is 5.82 Å². The van der Waals surface area contributed by atoms with Gasteiger partial charge in [-0.3, -0.25) is 14.0 Å². The summed E-state index contributed by atoms with van der Waals surface area (Å²) in [5.41, 5.74) is 0. The van der Waals surface area contributed by atoms with Gasteiger partial charge in [0, 0.05) is 57.0 Å². The smallest absolute Gasteiger partial charge is 0.247 e. The highest BCUT2D eigenvalue weighted by Gasteiger charge is 2.26. The maximum atomic E-state index is 12.7. The Hall–Kier alpha value is -3.23. The standard InChI is InChI=1S/C18H22N8O/c1-14(26-6-3-4-22-26)18(27)24-10-8-23(9-11-24)16-12-17(21-13-20-16)25-7-5-19-15(25)2/h3-7,12-14H,8-11H2,1-2H3. The minimum absolute atomic E-state index is 0.0933. The number of rotatable bonds is 4. The number of nitrogens with zero attached hydrogens (tertiary/aromatic N) is 8. The lowest BCUT2D eigenvalue weighted by Gasteiger charge is -2.36. The number of aryl methyl sites for hydroxylation is 1. The minimum Gasteiger partial charge on any atom is -0.353 e. The first kappa shape index (κ1) is 17.2. The molecule has 1 atom stereocenters. The Balaban J connectivity index is 1.42. The molecule has 0 saturated carbocycles. The van der Waals surface area contributed by atoms with Crippen LogP contribution in [-0.4, -0.2) is 66.3 Å². The van der Waals surface area contributed by atoms with E-state index in [1.807, 2.05) is 47.8 Å². The second-order valence-corrected chi connectivity index (χ2v) is 6.55. The summed E-state index contributed by atoms with van der Waals surface area (Å²) in [4.78, 5) is 29.8. The van der Waals surface area contributed by atoms with Crippen LogP contribution in [-0.2, 0) is 4.79 Å². The molecule has 0 aromatic carbocycles. The Morgan fingerprint density at radius 1 is 1.04 bits per heavy atom. The van der Waals surface area contributed by atoms with E-state index in [4.69, 9.17) is 0 Å². The lowest BCUT2D eigenvalue weighted by atomic mass is 10.2. The number of amides is 1. The van der Waals surface area contributed by atoms with Gasteiger partial charge < -0.3 is 9.80 Å². The average Bonchev–Trinajstić information content (AvgIpc) is 3.39. The monoisotopic (exact) mass is 366 g/mol. The lowest BCUT2D eigenvalue weighted by molar-refractivity contribution is -0.134. The maximum absolute atomic E-state index is 12.7. The number of imidazole rings is 1. The molecule has 1 amide bonds. The molecule has 0 bridgehead atoms. The summed E-state index contributed by atoms with van der Waals surface area (Å²) in [5, 5.41) is 4.17. The molecule has 4 heterocycles. The number of hydrogen-bond acceptors (Lipinski definition) is 6. The fourth-order valence-corrected chi connectivity index (χ4v) is 3.30. The maximum Gasteiger partial charge on any atom is 0.247 e. The SMILES string of the molecule is Cc1nccn1-c1cc(N2CCN(C(=O)C(C)n3cccn3)CC2)ncn1. The third-order valence-corrected chi connectivity index (χ3v) is 4.91. The molecule has 0 N–H and O–H groups in total. The molecule has 0 radical (unpaired) electrons. The van der Waals surface area contributed by atoms with Gasteiger partial charge >= 0.3 is 0 Å². The molecular weight excluding hydrogens is 344 g/mol. The van der Waals surface area contributed by atoms with E-state index < -0.39 is 0 Å². The van der Waals surface area contributed by atoms with Crippen molar-refractivity contribution in [3.63, 3.8) is 0 Å². The Morgan fingerprint density at radius 2 is 1.81 bits per heavy atom. The predicted molar refractivity (Wildman–Crippen MR) is 99.6 cm³/mol. The molecule has 9 heteroatoms. The molecule has 0 aliphatic carbocycles. The normalized spacial score (nSPS) is 15.8. The van der Waals surface area contributed by atoms with E-state index in [2.05, 4.69) is 25.0 Å². The van der Waals surface area contributed by atoms with Crippen LogP contribution >= 0.6 is 0 Å². The highest BCUT2D eigenvalue weighted by atomic mass is 16.2. The van der Waals surface area contributed by atoms with Gasteiger partial charge in [-0.1, -0.05) is 0 Å². The Bertz CT molecular complexity index is 911. The quantitative estimate of drug-likeness (QED) is 0.687. The van der Waals surface area contributed by atoms with Crippen molar-refractivity contribution < 1.29 is 4.79 Å². The van der Waals surface area contributed by atoms with Crippen molar-refractivity contribution in [2.75, 3.05) is 31.1 Å². The molecular formula is C18H22N8O. The zero-order valence-electron chi connectivity index (χ0n) is 15.4. The van der Waals surface area contributed by atoms with E-state index in [1.165, 1.54) is 0 Å². The van der Waals surface area contributed by atoms with Crippen LogP contribution in [0, 0.1) is 6.92 Å². The highest BCUT2D eigenvalue weighted by Crippen LogP contribution is 2.18. The second-order valence-electron chi connectivity index (χ2n) is 6.55. The van der Waals surface area contributed by atoms with Crippen LogP contribution in [0.3, 0.4) is 0 Å². The molecule has 4 rings (SSSR count). The van der Waals surface area contributed by atoms with Crippen LogP contribution in [0.4, 0.5) is 5.82 Å². The lowest BCUT2D eigenvalue weighted by Crippen LogP contribution is -2.50. The topological polar surface area (TPSA) is 85.0 Å². The van der Waals surface area contributed by atoms with Crippen LogP contribution in [0.1, 0.15) is 18.8 Å². The van der Waals surface area contributed by atoms with E-state index >= 15 is 0 Å². The van der Waals surface area contributed by atoms with E-state index in [0.717, 1.165) is 30.5 Å². The van der Waals surface area contributed by atoms with Crippen LogP contribution in [0.5, 0.6) is 0 Å². The van der Waals surface area contributed by atoms with Crippen molar-refractivity contribution in [3.8, 4) is 5.82 Å². The average molecular weight is 366 g/mol. The van der Waals surface area contributed by atoms with Gasteiger partial charge in [0.05, 0.1) is 0 Å². The van der Waals surface area contributed by atoms with Gasteiger partial charge in [0.25, 0.3) is 0 Å². The van der Waals surface area contributed by atoms with Gasteiger partial charge in [0.1, 0.15) is 29.8 Å². The minimum atomic E-state index is -0.290. The van der Waals surface area contributed by atoms with Gasteiger partial charge in [-0.15, -0.1) is 0 Å². The summed E-state index contributed by atoms with van der Waals surface area (Å²) >= 11 is 0. The Morgan fingerprint density at radius 3 is 2.48 bits per heavy atom. The zero-order valence-corrected chi connectivity index (χ0v) is 15.4. The van der Waals surface area contributed by atoms with Gasteiger partial charge in [0.15, 0.2) is 0 Å². The predicted octanol–water partition coefficient (Wildman–Crippen LogP) is 1.08. The van der Waals surface area contributed by atoms with E-state index in [0.29, 0.717) is 13.1 Å². The van der Waals surface area contributed by atoms with Crippen molar-refractivity contribution in [2.24, 2.45) is 0 Å². The van der Waals surface area contributed by atoms with Crippen molar-refractivity contribution >= 4 is 11.7 Å². The number of carbonyl (C=O) groups excluding carboxylic acids is 1. The van der Waals surface area contributed by atoms with E-state index in [9.17, 15) is 4.79 Å².